The van der Waals surface area contributed by atoms with Gasteiger partial charge in [-0.25, -0.2) is 0 Å². The van der Waals surface area contributed by atoms with Crippen LogP contribution in [0.4, 0.5) is 0 Å². The van der Waals surface area contributed by atoms with Crippen molar-refractivity contribution in [1.29, 1.82) is 0 Å². The van der Waals surface area contributed by atoms with Gasteiger partial charge in [-0.05, 0) is 48.9 Å². The van der Waals surface area contributed by atoms with Gasteiger partial charge >= 0.3 is 0 Å². The Morgan fingerprint density at radius 3 is 3.10 bits per heavy atom. The van der Waals surface area contributed by atoms with E-state index in [1.165, 1.54) is 28.6 Å². The molecular weight excluding hydrogens is 420 g/mol. The van der Waals surface area contributed by atoms with E-state index in [0.29, 0.717) is 28.6 Å². The van der Waals surface area contributed by atoms with Crippen LogP contribution in [0.5, 0.6) is 5.75 Å². The van der Waals surface area contributed by atoms with Crippen LogP contribution in [0.3, 0.4) is 0 Å². The molecule has 1 aliphatic rings. The van der Waals surface area contributed by atoms with Gasteiger partial charge in [0, 0.05) is 10.4 Å². The van der Waals surface area contributed by atoms with E-state index >= 15 is 0 Å². The minimum Gasteiger partial charge on any atom is -0.497 e. The summed E-state index contributed by atoms with van der Waals surface area (Å²) in [4.78, 5) is 6.94. The molecular formula is C21H20N4O3S2. The SMILES string of the molecule is COc1cccc(-c2noc(CSc3nnc(-c4cc5c(s4)CC[C@H](C)C5)o3)n2)c1. The number of rotatable bonds is 6. The third-order valence-corrected chi connectivity index (χ3v) is 7.09. The number of benzene rings is 1. The first-order valence-electron chi connectivity index (χ1n) is 9.73. The molecule has 0 radical (unpaired) electrons. The molecule has 0 N–H and O–H groups in total. The summed E-state index contributed by atoms with van der Waals surface area (Å²) in [6.07, 6.45) is 3.53. The molecule has 30 heavy (non-hydrogen) atoms. The zero-order valence-corrected chi connectivity index (χ0v) is 18.3. The molecule has 0 spiro atoms. The highest BCUT2D eigenvalue weighted by molar-refractivity contribution is 7.98. The maximum absolute atomic E-state index is 5.86. The molecule has 1 aliphatic carbocycles. The van der Waals surface area contributed by atoms with E-state index in [1.807, 2.05) is 24.3 Å². The molecule has 0 saturated carbocycles. The second kappa shape index (κ2) is 8.23. The molecule has 4 aromatic rings. The number of fused-ring (bicyclic) bond motifs is 1. The highest BCUT2D eigenvalue weighted by Crippen LogP contribution is 2.37. The standard InChI is InChI=1S/C21H20N4O3S2/c1-12-6-7-16-14(8-12)10-17(30-16)20-23-24-21(27-20)29-11-18-22-19(25-28-18)13-4-3-5-15(9-13)26-2/h3-5,9-10,12H,6-8,11H2,1-2H3/t12-/m0/s1. The van der Waals surface area contributed by atoms with Crippen LogP contribution in [0.2, 0.25) is 0 Å². The van der Waals surface area contributed by atoms with Crippen LogP contribution in [0, 0.1) is 5.92 Å². The molecule has 154 valence electrons. The lowest BCUT2D eigenvalue weighted by Gasteiger charge is -2.16. The van der Waals surface area contributed by atoms with Gasteiger partial charge in [-0.15, -0.1) is 21.5 Å². The topological polar surface area (TPSA) is 87.1 Å². The minimum atomic E-state index is 0.455. The fourth-order valence-corrected chi connectivity index (χ4v) is 5.23. The van der Waals surface area contributed by atoms with Crippen molar-refractivity contribution in [2.45, 2.75) is 37.2 Å². The van der Waals surface area contributed by atoms with E-state index in [9.17, 15) is 0 Å². The zero-order chi connectivity index (χ0) is 20.5. The quantitative estimate of drug-likeness (QED) is 0.375. The summed E-state index contributed by atoms with van der Waals surface area (Å²) in [6, 6.07) is 9.75. The molecule has 9 heteroatoms. The third kappa shape index (κ3) is 3.99. The number of methoxy groups -OCH3 is 1. The van der Waals surface area contributed by atoms with Gasteiger partial charge in [0.15, 0.2) is 0 Å². The lowest BCUT2D eigenvalue weighted by Crippen LogP contribution is -2.07. The highest BCUT2D eigenvalue weighted by atomic mass is 32.2. The van der Waals surface area contributed by atoms with Crippen LogP contribution in [0.25, 0.3) is 22.2 Å². The van der Waals surface area contributed by atoms with Crippen LogP contribution < -0.4 is 4.74 Å². The second-order valence-electron chi connectivity index (χ2n) is 7.31. The molecule has 1 aromatic carbocycles. The maximum Gasteiger partial charge on any atom is 0.277 e. The summed E-state index contributed by atoms with van der Waals surface area (Å²) in [5.74, 6) is 3.54. The molecule has 0 amide bonds. The number of hydrogen-bond acceptors (Lipinski definition) is 9. The zero-order valence-electron chi connectivity index (χ0n) is 16.6. The molecule has 0 aliphatic heterocycles. The van der Waals surface area contributed by atoms with Gasteiger partial charge < -0.3 is 13.7 Å². The van der Waals surface area contributed by atoms with Crippen LogP contribution in [-0.4, -0.2) is 27.4 Å². The van der Waals surface area contributed by atoms with Gasteiger partial charge in [0.05, 0.1) is 17.7 Å². The van der Waals surface area contributed by atoms with Gasteiger partial charge in [-0.3, -0.25) is 0 Å². The van der Waals surface area contributed by atoms with E-state index < -0.39 is 0 Å². The first-order chi connectivity index (χ1) is 14.7. The Balaban J connectivity index is 1.25. The van der Waals surface area contributed by atoms with Crippen molar-refractivity contribution < 1.29 is 13.7 Å². The Bertz CT molecular complexity index is 1170. The summed E-state index contributed by atoms with van der Waals surface area (Å²) < 4.78 is 16.5. The Morgan fingerprint density at radius 2 is 2.20 bits per heavy atom. The Labute approximate surface area is 181 Å². The van der Waals surface area contributed by atoms with Crippen LogP contribution in [-0.2, 0) is 18.6 Å². The van der Waals surface area contributed by atoms with Crippen molar-refractivity contribution in [3.05, 3.63) is 46.7 Å². The Morgan fingerprint density at radius 1 is 1.27 bits per heavy atom. The van der Waals surface area contributed by atoms with Crippen molar-refractivity contribution in [2.24, 2.45) is 5.92 Å². The Hall–Kier alpha value is -2.65. The average Bonchev–Trinajstić information content (AvgIpc) is 3.50. The molecule has 0 unspecified atom stereocenters. The molecule has 0 bridgehead atoms. The summed E-state index contributed by atoms with van der Waals surface area (Å²) >= 11 is 3.15. The molecule has 7 nitrogen and oxygen atoms in total. The fourth-order valence-electron chi connectivity index (χ4n) is 3.50. The van der Waals surface area contributed by atoms with Gasteiger partial charge in [0.2, 0.25) is 11.7 Å². The van der Waals surface area contributed by atoms with E-state index in [2.05, 4.69) is 33.3 Å². The smallest absolute Gasteiger partial charge is 0.277 e. The van der Waals surface area contributed by atoms with Gasteiger partial charge in [0.25, 0.3) is 11.1 Å². The van der Waals surface area contributed by atoms with Crippen molar-refractivity contribution in [3.8, 4) is 27.9 Å². The van der Waals surface area contributed by atoms with Crippen molar-refractivity contribution in [1.82, 2.24) is 20.3 Å². The van der Waals surface area contributed by atoms with E-state index in [-0.39, 0.29) is 0 Å². The number of ether oxygens (including phenoxy) is 1. The summed E-state index contributed by atoms with van der Waals surface area (Å²) in [6.45, 7) is 2.30. The predicted octanol–water partition coefficient (Wildman–Crippen LogP) is 5.27. The first kappa shape index (κ1) is 19.3. The van der Waals surface area contributed by atoms with Crippen molar-refractivity contribution in [2.75, 3.05) is 7.11 Å². The number of aromatic nitrogens is 4. The minimum absolute atomic E-state index is 0.455. The normalized spacial score (nSPS) is 15.9. The molecule has 3 heterocycles. The summed E-state index contributed by atoms with van der Waals surface area (Å²) in [7, 11) is 1.63. The van der Waals surface area contributed by atoms with E-state index in [1.54, 1.807) is 18.4 Å². The lowest BCUT2D eigenvalue weighted by molar-refractivity contribution is 0.390. The summed E-state index contributed by atoms with van der Waals surface area (Å²) in [5.41, 5.74) is 2.27. The molecule has 3 aromatic heterocycles. The van der Waals surface area contributed by atoms with Gasteiger partial charge in [0.1, 0.15) is 5.75 Å². The maximum atomic E-state index is 5.86. The lowest BCUT2D eigenvalue weighted by atomic mass is 9.90. The van der Waals surface area contributed by atoms with E-state index in [4.69, 9.17) is 13.7 Å². The summed E-state index contributed by atoms with van der Waals surface area (Å²) in [5, 5.41) is 12.9. The average molecular weight is 441 g/mol. The Kier molecular flexibility index (Phi) is 5.30. The number of thioether (sulfide) groups is 1. The fraction of sp³-hybridized carbons (Fsp3) is 0.333. The van der Waals surface area contributed by atoms with E-state index in [0.717, 1.165) is 34.9 Å². The first-order valence-corrected chi connectivity index (χ1v) is 11.5. The number of nitrogens with zero attached hydrogens (tertiary/aromatic N) is 4. The molecule has 5 rings (SSSR count). The molecule has 0 fully saturated rings. The third-order valence-electron chi connectivity index (χ3n) is 5.06. The molecule has 0 saturated heterocycles. The van der Waals surface area contributed by atoms with Gasteiger partial charge in [-0.2, -0.15) is 4.98 Å². The number of hydrogen-bond donors (Lipinski definition) is 0. The number of aryl methyl sites for hydroxylation is 1. The largest absolute Gasteiger partial charge is 0.497 e. The van der Waals surface area contributed by atoms with Crippen molar-refractivity contribution >= 4 is 23.1 Å². The van der Waals surface area contributed by atoms with Gasteiger partial charge in [-0.1, -0.05) is 36.0 Å². The predicted molar refractivity (Wildman–Crippen MR) is 115 cm³/mol. The monoisotopic (exact) mass is 440 g/mol. The van der Waals surface area contributed by atoms with Crippen LogP contribution in [0.1, 0.15) is 29.7 Å². The van der Waals surface area contributed by atoms with Crippen LogP contribution >= 0.6 is 23.1 Å². The highest BCUT2D eigenvalue weighted by Gasteiger charge is 2.21. The number of thiophene rings is 1. The molecule has 1 atom stereocenters. The van der Waals surface area contributed by atoms with Crippen LogP contribution in [0.15, 0.2) is 44.5 Å². The second-order valence-corrected chi connectivity index (χ2v) is 9.38. The van der Waals surface area contributed by atoms with Crippen molar-refractivity contribution in [3.63, 3.8) is 0 Å².